The van der Waals surface area contributed by atoms with Crippen molar-refractivity contribution < 1.29 is 30.6 Å². The molecule has 1 rings (SSSR count). The molecule has 168 valence electrons. The summed E-state index contributed by atoms with van der Waals surface area (Å²) in [5, 5.41) is 1.50. The number of carbonyl (C=O) groups is 1. The summed E-state index contributed by atoms with van der Waals surface area (Å²) in [7, 11) is -5.72. The van der Waals surface area contributed by atoms with E-state index < -0.39 is 21.0 Å². The van der Waals surface area contributed by atoms with Gasteiger partial charge in [-0.2, -0.15) is 21.6 Å². The topological polar surface area (TPSA) is 116 Å². The van der Waals surface area contributed by atoms with Crippen LogP contribution in [0.15, 0.2) is 23.7 Å². The van der Waals surface area contributed by atoms with E-state index in [9.17, 15) is 26.4 Å². The largest absolute Gasteiger partial charge is 0.534 e. The van der Waals surface area contributed by atoms with Crippen molar-refractivity contribution in [1.82, 2.24) is 5.01 Å². The van der Waals surface area contributed by atoms with Gasteiger partial charge in [-0.3, -0.25) is 4.79 Å². The molecule has 29 heavy (non-hydrogen) atoms. The van der Waals surface area contributed by atoms with Crippen LogP contribution in [0, 0.1) is 5.41 Å². The number of carbonyl (C=O) groups excluding carboxylic acids is 1. The van der Waals surface area contributed by atoms with Gasteiger partial charge in [-0.25, -0.2) is 5.84 Å². The van der Waals surface area contributed by atoms with Crippen molar-refractivity contribution in [3.05, 3.63) is 23.7 Å². The van der Waals surface area contributed by atoms with Crippen LogP contribution < -0.4 is 11.6 Å². The molecular weight excluding hydrogens is 411 g/mol. The normalized spacial score (nSPS) is 21.1. The van der Waals surface area contributed by atoms with Gasteiger partial charge >= 0.3 is 15.6 Å². The van der Waals surface area contributed by atoms with E-state index in [1.54, 1.807) is 0 Å². The molecule has 1 unspecified atom stereocenters. The summed E-state index contributed by atoms with van der Waals surface area (Å²) < 4.78 is 64.2. The molecular formula is C18H30F3N3O4S. The van der Waals surface area contributed by atoms with Crippen molar-refractivity contribution in [3.63, 3.8) is 0 Å². The zero-order chi connectivity index (χ0) is 22.5. The molecule has 0 aliphatic heterocycles. The van der Waals surface area contributed by atoms with Crippen molar-refractivity contribution in [2.75, 3.05) is 0 Å². The molecule has 0 bridgehead atoms. The molecule has 1 atom stereocenters. The van der Waals surface area contributed by atoms with Gasteiger partial charge in [-0.1, -0.05) is 6.92 Å². The second-order valence-electron chi connectivity index (χ2n) is 7.47. The molecule has 0 amide bonds. The van der Waals surface area contributed by atoms with Crippen LogP contribution in [-0.2, 0) is 19.1 Å². The molecule has 0 aromatic carbocycles. The van der Waals surface area contributed by atoms with Gasteiger partial charge in [0.1, 0.15) is 11.5 Å². The number of hydrogen-bond donors (Lipinski definition) is 2. The maximum absolute atomic E-state index is 12.8. The van der Waals surface area contributed by atoms with E-state index >= 15 is 0 Å². The van der Waals surface area contributed by atoms with E-state index in [1.165, 1.54) is 17.3 Å². The van der Waals surface area contributed by atoms with Crippen molar-refractivity contribution >= 4 is 15.9 Å². The molecule has 0 saturated carbocycles. The number of nitrogens with zero attached hydrogens (tertiary/aromatic N) is 1. The van der Waals surface area contributed by atoms with E-state index in [2.05, 4.69) is 4.18 Å². The Hall–Kier alpha value is -1.75. The SMILES string of the molecule is CCCC(=O)C1(CC/C(=C/N)N(N)C(C)C)CC=C(OS(=O)(=O)C(F)(F)F)CC1. The third-order valence-corrected chi connectivity index (χ3v) is 6.08. The molecule has 0 heterocycles. The van der Waals surface area contributed by atoms with Crippen LogP contribution in [0.5, 0.6) is 0 Å². The Bertz CT molecular complexity index is 748. The van der Waals surface area contributed by atoms with E-state index in [0.29, 0.717) is 31.4 Å². The lowest BCUT2D eigenvalue weighted by Gasteiger charge is -2.36. The molecule has 0 aromatic heterocycles. The number of nitrogens with two attached hydrogens (primary N) is 2. The summed E-state index contributed by atoms with van der Waals surface area (Å²) in [4.78, 5) is 12.8. The Morgan fingerprint density at radius 3 is 2.41 bits per heavy atom. The monoisotopic (exact) mass is 441 g/mol. The van der Waals surface area contributed by atoms with Crippen LogP contribution >= 0.6 is 0 Å². The standard InChI is InChI=1S/C18H30F3N3O4S/c1-4-5-16(25)17(9-6-14(12-22)24(23)13(2)3)10-7-15(8-11-17)28-29(26,27)18(19,20)21/h7,12-13H,4-6,8-11,22-23H2,1-3H3/b14-12-. The summed E-state index contributed by atoms with van der Waals surface area (Å²) in [5.41, 5.74) is -0.00888. The van der Waals surface area contributed by atoms with E-state index in [1.807, 2.05) is 20.8 Å². The van der Waals surface area contributed by atoms with Gasteiger partial charge in [0.25, 0.3) is 0 Å². The molecule has 1 aliphatic rings. The van der Waals surface area contributed by atoms with Crippen LogP contribution in [0.1, 0.15) is 65.7 Å². The fourth-order valence-electron chi connectivity index (χ4n) is 3.25. The number of ketones is 1. The van der Waals surface area contributed by atoms with Crippen LogP contribution in [-0.4, -0.2) is 30.8 Å². The highest BCUT2D eigenvalue weighted by Gasteiger charge is 2.49. The lowest BCUT2D eigenvalue weighted by Crippen LogP contribution is -2.39. The van der Waals surface area contributed by atoms with Crippen molar-refractivity contribution in [1.29, 1.82) is 0 Å². The Morgan fingerprint density at radius 2 is 2.00 bits per heavy atom. The first-order chi connectivity index (χ1) is 13.3. The van der Waals surface area contributed by atoms with Gasteiger partial charge in [-0.05, 0) is 52.0 Å². The van der Waals surface area contributed by atoms with Gasteiger partial charge < -0.3 is 14.9 Å². The first-order valence-electron chi connectivity index (χ1n) is 9.47. The Morgan fingerprint density at radius 1 is 1.38 bits per heavy atom. The third-order valence-electron chi connectivity index (χ3n) is 5.08. The van der Waals surface area contributed by atoms with Crippen LogP contribution in [0.4, 0.5) is 13.2 Å². The number of Topliss-reactive ketones (excluding diaryl/α,β-unsaturated/α-hetero) is 1. The first kappa shape index (κ1) is 25.3. The number of rotatable bonds is 10. The van der Waals surface area contributed by atoms with E-state index in [4.69, 9.17) is 11.6 Å². The quantitative estimate of drug-likeness (QED) is 0.231. The highest BCUT2D eigenvalue weighted by molar-refractivity contribution is 7.87. The number of hydrogen-bond acceptors (Lipinski definition) is 7. The summed E-state index contributed by atoms with van der Waals surface area (Å²) >= 11 is 0. The molecule has 11 heteroatoms. The molecule has 7 nitrogen and oxygen atoms in total. The van der Waals surface area contributed by atoms with Gasteiger partial charge in [0, 0.05) is 36.2 Å². The summed E-state index contributed by atoms with van der Waals surface area (Å²) in [6.45, 7) is 5.63. The molecule has 0 radical (unpaired) electrons. The fraction of sp³-hybridized carbons (Fsp3) is 0.722. The van der Waals surface area contributed by atoms with Crippen LogP contribution in [0.25, 0.3) is 0 Å². The molecule has 1 aliphatic carbocycles. The van der Waals surface area contributed by atoms with Gasteiger partial charge in [0.2, 0.25) is 0 Å². The van der Waals surface area contributed by atoms with Gasteiger partial charge in [0.15, 0.2) is 0 Å². The third kappa shape index (κ3) is 6.36. The minimum absolute atomic E-state index is 0.00840. The Labute approximate surface area is 170 Å². The maximum atomic E-state index is 12.8. The van der Waals surface area contributed by atoms with Crippen molar-refractivity contribution in [3.8, 4) is 0 Å². The number of allylic oxidation sites excluding steroid dienone is 3. The first-order valence-corrected chi connectivity index (χ1v) is 10.9. The van der Waals surface area contributed by atoms with Gasteiger partial charge in [-0.15, -0.1) is 0 Å². The number of hydrazine groups is 1. The maximum Gasteiger partial charge on any atom is 0.534 e. The van der Waals surface area contributed by atoms with Crippen molar-refractivity contribution in [2.24, 2.45) is 17.0 Å². The van der Waals surface area contributed by atoms with Crippen molar-refractivity contribution in [2.45, 2.75) is 77.3 Å². The Balaban J connectivity index is 3.02. The molecule has 4 N–H and O–H groups in total. The molecule has 0 saturated heterocycles. The summed E-state index contributed by atoms with van der Waals surface area (Å²) in [6, 6.07) is -0.00840. The average molecular weight is 442 g/mol. The second kappa shape index (κ2) is 9.84. The lowest BCUT2D eigenvalue weighted by molar-refractivity contribution is -0.130. The Kier molecular flexibility index (Phi) is 8.58. The number of halogens is 3. The van der Waals surface area contributed by atoms with Crippen LogP contribution in [0.2, 0.25) is 0 Å². The summed E-state index contributed by atoms with van der Waals surface area (Å²) in [5.74, 6) is 5.68. The molecule has 0 aromatic rings. The fourth-order valence-corrected chi connectivity index (χ4v) is 3.78. The van der Waals surface area contributed by atoms with E-state index in [0.717, 1.165) is 0 Å². The summed E-state index contributed by atoms with van der Waals surface area (Å²) in [6.07, 6.45) is 4.61. The minimum atomic E-state index is -5.72. The zero-order valence-corrected chi connectivity index (χ0v) is 17.8. The molecule has 0 fully saturated rings. The second-order valence-corrected chi connectivity index (χ2v) is 9.01. The van der Waals surface area contributed by atoms with Gasteiger partial charge in [0.05, 0.1) is 0 Å². The predicted octanol–water partition coefficient (Wildman–Crippen LogP) is 3.44. The lowest BCUT2D eigenvalue weighted by atomic mass is 9.69. The predicted molar refractivity (Wildman–Crippen MR) is 103 cm³/mol. The smallest absolute Gasteiger partial charge is 0.403 e. The molecule has 0 spiro atoms. The van der Waals surface area contributed by atoms with Crippen LogP contribution in [0.3, 0.4) is 0 Å². The van der Waals surface area contributed by atoms with E-state index in [-0.39, 0.29) is 36.8 Å². The number of alkyl halides is 3. The highest BCUT2D eigenvalue weighted by Crippen LogP contribution is 2.43. The highest BCUT2D eigenvalue weighted by atomic mass is 32.2. The average Bonchev–Trinajstić information content (AvgIpc) is 2.62. The minimum Gasteiger partial charge on any atom is -0.403 e. The zero-order valence-electron chi connectivity index (χ0n) is 17.0.